The molecule has 0 aliphatic rings. The number of para-hydroxylation sites is 2. The van der Waals surface area contributed by atoms with Crippen molar-refractivity contribution in [2.24, 2.45) is 0 Å². The summed E-state index contributed by atoms with van der Waals surface area (Å²) in [4.78, 5) is 35.4. The number of carbonyl (C=O) groups is 2. The first-order chi connectivity index (χ1) is 14.0. The topological polar surface area (TPSA) is 84.4 Å². The summed E-state index contributed by atoms with van der Waals surface area (Å²) in [5.41, 5.74) is 1.97. The second kappa shape index (κ2) is 8.97. The number of methoxy groups -OCH3 is 1. The number of aryl methyl sites for hydroxylation is 1. The molecular formula is C22H22N4O3. The number of esters is 1. The minimum absolute atomic E-state index is 0.228. The van der Waals surface area contributed by atoms with Crippen LogP contribution in [0.4, 0.5) is 17.2 Å². The molecule has 1 heterocycles. The van der Waals surface area contributed by atoms with E-state index in [4.69, 9.17) is 4.74 Å². The van der Waals surface area contributed by atoms with Crippen LogP contribution >= 0.6 is 0 Å². The van der Waals surface area contributed by atoms with Gasteiger partial charge in [-0.25, -0.2) is 14.8 Å². The molecule has 1 N–H and O–H groups in total. The van der Waals surface area contributed by atoms with E-state index in [1.165, 1.54) is 7.11 Å². The predicted octanol–water partition coefficient (Wildman–Crippen LogP) is 3.98. The summed E-state index contributed by atoms with van der Waals surface area (Å²) < 4.78 is 4.82. The fourth-order valence-corrected chi connectivity index (χ4v) is 2.95. The van der Waals surface area contributed by atoms with Crippen LogP contribution in [0.2, 0.25) is 0 Å². The normalized spacial score (nSPS) is 10.3. The van der Waals surface area contributed by atoms with Gasteiger partial charge in [0.1, 0.15) is 17.3 Å². The molecule has 0 spiro atoms. The molecule has 2 aromatic carbocycles. The van der Waals surface area contributed by atoms with Gasteiger partial charge in [0.05, 0.1) is 18.4 Å². The molecule has 3 aromatic rings. The molecule has 7 heteroatoms. The fourth-order valence-electron chi connectivity index (χ4n) is 2.95. The highest BCUT2D eigenvalue weighted by Crippen LogP contribution is 2.22. The highest BCUT2D eigenvalue weighted by Gasteiger charge is 2.19. The fraction of sp³-hybridized carbons (Fsp3) is 0.182. The minimum atomic E-state index is -0.462. The molecule has 1 amide bonds. The first-order valence-corrected chi connectivity index (χ1v) is 9.20. The maximum absolute atomic E-state index is 13.1. The van der Waals surface area contributed by atoms with Crippen LogP contribution in [0.3, 0.4) is 0 Å². The molecule has 0 atom stereocenters. The van der Waals surface area contributed by atoms with Crippen LogP contribution in [-0.4, -0.2) is 35.5 Å². The van der Waals surface area contributed by atoms with Crippen LogP contribution in [0, 0.1) is 6.92 Å². The zero-order chi connectivity index (χ0) is 20.8. The minimum Gasteiger partial charge on any atom is -0.465 e. The van der Waals surface area contributed by atoms with Crippen LogP contribution in [0.5, 0.6) is 0 Å². The summed E-state index contributed by atoms with van der Waals surface area (Å²) in [6, 6.07) is 17.9. The highest BCUT2D eigenvalue weighted by molar-refractivity contribution is 6.05. The monoisotopic (exact) mass is 390 g/mol. The Hall–Kier alpha value is -3.74. The zero-order valence-electron chi connectivity index (χ0n) is 16.5. The third-order valence-electron chi connectivity index (χ3n) is 4.28. The molecule has 0 radical (unpaired) electrons. The first-order valence-electron chi connectivity index (χ1n) is 9.20. The number of ether oxygens (including phenoxy) is 1. The molecule has 0 unspecified atom stereocenters. The number of amides is 1. The van der Waals surface area contributed by atoms with Crippen LogP contribution in [0.15, 0.2) is 60.7 Å². The van der Waals surface area contributed by atoms with Crippen molar-refractivity contribution >= 4 is 29.1 Å². The highest BCUT2D eigenvalue weighted by atomic mass is 16.5. The van der Waals surface area contributed by atoms with E-state index < -0.39 is 5.97 Å². The van der Waals surface area contributed by atoms with Crippen molar-refractivity contribution in [1.29, 1.82) is 0 Å². The lowest BCUT2D eigenvalue weighted by Crippen LogP contribution is -2.31. The van der Waals surface area contributed by atoms with Gasteiger partial charge in [0.25, 0.3) is 5.91 Å². The molecule has 3 rings (SSSR count). The van der Waals surface area contributed by atoms with E-state index >= 15 is 0 Å². The number of nitrogens with one attached hydrogen (secondary N) is 1. The van der Waals surface area contributed by atoms with Crippen LogP contribution in [0.25, 0.3) is 0 Å². The molecule has 29 heavy (non-hydrogen) atoms. The third kappa shape index (κ3) is 4.57. The zero-order valence-corrected chi connectivity index (χ0v) is 16.5. The molecule has 0 fully saturated rings. The lowest BCUT2D eigenvalue weighted by Gasteiger charge is -2.21. The summed E-state index contributed by atoms with van der Waals surface area (Å²) in [6.07, 6.45) is 0. The van der Waals surface area contributed by atoms with Crippen molar-refractivity contribution < 1.29 is 14.3 Å². The Labute approximate surface area is 169 Å². The summed E-state index contributed by atoms with van der Waals surface area (Å²) in [7, 11) is 1.33. The number of rotatable bonds is 6. The van der Waals surface area contributed by atoms with Crippen molar-refractivity contribution in [3.63, 3.8) is 0 Å². The van der Waals surface area contributed by atoms with Crippen LogP contribution in [0.1, 0.15) is 33.6 Å². The summed E-state index contributed by atoms with van der Waals surface area (Å²) >= 11 is 0. The van der Waals surface area contributed by atoms with E-state index in [2.05, 4.69) is 15.3 Å². The Morgan fingerprint density at radius 1 is 1.03 bits per heavy atom. The lowest BCUT2D eigenvalue weighted by atomic mass is 10.2. The molecule has 0 aliphatic heterocycles. The number of hydrogen-bond donors (Lipinski definition) is 1. The van der Waals surface area contributed by atoms with Gasteiger partial charge in [0.2, 0.25) is 0 Å². The maximum atomic E-state index is 13.1. The Morgan fingerprint density at radius 3 is 2.41 bits per heavy atom. The standard InChI is InChI=1S/C22H22N4O3/c1-4-26(16-10-6-5-7-11-16)21(27)19-14-20(24-15(2)23-19)25-18-13-9-8-12-17(18)22(28)29-3/h5-14H,4H2,1-3H3,(H,23,24,25). The predicted molar refractivity (Wildman–Crippen MR) is 112 cm³/mol. The van der Waals surface area contributed by atoms with E-state index in [-0.39, 0.29) is 11.6 Å². The number of aromatic nitrogens is 2. The second-order valence-corrected chi connectivity index (χ2v) is 6.23. The first kappa shape index (κ1) is 20.0. The second-order valence-electron chi connectivity index (χ2n) is 6.23. The van der Waals surface area contributed by atoms with Gasteiger partial charge in [-0.2, -0.15) is 0 Å². The summed E-state index contributed by atoms with van der Waals surface area (Å²) in [6.45, 7) is 4.12. The van der Waals surface area contributed by atoms with Crippen molar-refractivity contribution in [3.05, 3.63) is 77.7 Å². The van der Waals surface area contributed by atoms with Crippen molar-refractivity contribution in [3.8, 4) is 0 Å². The Morgan fingerprint density at radius 2 is 1.72 bits per heavy atom. The van der Waals surface area contributed by atoms with E-state index in [0.717, 1.165) is 5.69 Å². The van der Waals surface area contributed by atoms with E-state index in [9.17, 15) is 9.59 Å². The molecule has 148 valence electrons. The van der Waals surface area contributed by atoms with Crippen molar-refractivity contribution in [2.75, 3.05) is 23.9 Å². The lowest BCUT2D eigenvalue weighted by molar-refractivity contribution is 0.0601. The van der Waals surface area contributed by atoms with Crippen LogP contribution < -0.4 is 10.2 Å². The summed E-state index contributed by atoms with van der Waals surface area (Å²) in [5, 5.41) is 3.10. The number of benzene rings is 2. The molecule has 0 bridgehead atoms. The Balaban J connectivity index is 1.93. The van der Waals surface area contributed by atoms with Crippen molar-refractivity contribution in [1.82, 2.24) is 9.97 Å². The van der Waals surface area contributed by atoms with Gasteiger partial charge in [-0.3, -0.25) is 4.79 Å². The molecule has 0 saturated heterocycles. The van der Waals surface area contributed by atoms with Gasteiger partial charge in [-0.05, 0) is 38.1 Å². The van der Waals surface area contributed by atoms with E-state index in [1.807, 2.05) is 37.3 Å². The van der Waals surface area contributed by atoms with E-state index in [0.29, 0.717) is 29.4 Å². The molecule has 0 saturated carbocycles. The average Bonchev–Trinajstić information content (AvgIpc) is 2.74. The Kier molecular flexibility index (Phi) is 6.19. The smallest absolute Gasteiger partial charge is 0.339 e. The number of carbonyl (C=O) groups excluding carboxylic acids is 2. The Bertz CT molecular complexity index is 1020. The third-order valence-corrected chi connectivity index (χ3v) is 4.28. The average molecular weight is 390 g/mol. The van der Waals surface area contributed by atoms with Gasteiger partial charge < -0.3 is 15.0 Å². The molecule has 7 nitrogen and oxygen atoms in total. The van der Waals surface area contributed by atoms with Gasteiger partial charge in [0.15, 0.2) is 0 Å². The summed E-state index contributed by atoms with van der Waals surface area (Å²) in [5.74, 6) is 0.171. The van der Waals surface area contributed by atoms with Crippen molar-refractivity contribution in [2.45, 2.75) is 13.8 Å². The maximum Gasteiger partial charge on any atom is 0.339 e. The number of nitrogens with zero attached hydrogens (tertiary/aromatic N) is 3. The van der Waals surface area contributed by atoms with E-state index in [1.54, 1.807) is 42.2 Å². The molecular weight excluding hydrogens is 368 g/mol. The SMILES string of the molecule is CCN(C(=O)c1cc(Nc2ccccc2C(=O)OC)nc(C)n1)c1ccccc1. The quantitative estimate of drug-likeness (QED) is 0.641. The van der Waals surface area contributed by atoms with Crippen LogP contribution in [-0.2, 0) is 4.74 Å². The molecule has 0 aliphatic carbocycles. The largest absolute Gasteiger partial charge is 0.465 e. The van der Waals surface area contributed by atoms with Gasteiger partial charge >= 0.3 is 5.97 Å². The van der Waals surface area contributed by atoms with Gasteiger partial charge in [-0.15, -0.1) is 0 Å². The number of hydrogen-bond acceptors (Lipinski definition) is 6. The van der Waals surface area contributed by atoms with Gasteiger partial charge in [-0.1, -0.05) is 30.3 Å². The number of anilines is 3. The molecule has 1 aromatic heterocycles. The van der Waals surface area contributed by atoms with Gasteiger partial charge in [0, 0.05) is 18.3 Å².